The number of halogens is 3. The van der Waals surface area contributed by atoms with Crippen LogP contribution in [0.25, 0.3) is 0 Å². The molecule has 0 N–H and O–H groups in total. The molecule has 1 nitrogen and oxygen atoms in total. The summed E-state index contributed by atoms with van der Waals surface area (Å²) in [4.78, 5) is 11.8. The van der Waals surface area contributed by atoms with Gasteiger partial charge in [0.25, 0.3) is 0 Å². The fourth-order valence-electron chi connectivity index (χ4n) is 1.44. The maximum Gasteiger partial charge on any atom is 0.143 e. The molecular formula is C13H15BrF2O. The van der Waals surface area contributed by atoms with Crippen molar-refractivity contribution < 1.29 is 13.6 Å². The van der Waals surface area contributed by atoms with Crippen LogP contribution in [0.5, 0.6) is 0 Å². The molecule has 0 bridgehead atoms. The van der Waals surface area contributed by atoms with Gasteiger partial charge in [0, 0.05) is 17.9 Å². The predicted octanol–water partition coefficient (Wildman–Crippen LogP) is 4.13. The Morgan fingerprint density at radius 2 is 1.88 bits per heavy atom. The predicted molar refractivity (Wildman–Crippen MR) is 66.8 cm³/mol. The monoisotopic (exact) mass is 304 g/mol. The van der Waals surface area contributed by atoms with Crippen LogP contribution < -0.4 is 0 Å². The van der Waals surface area contributed by atoms with E-state index in [-0.39, 0.29) is 34.1 Å². The Morgan fingerprint density at radius 1 is 1.29 bits per heavy atom. The lowest BCUT2D eigenvalue weighted by molar-refractivity contribution is -0.123. The highest BCUT2D eigenvalue weighted by atomic mass is 79.9. The zero-order chi connectivity index (χ0) is 13.2. The Balaban J connectivity index is 2.96. The van der Waals surface area contributed by atoms with Crippen molar-refractivity contribution in [1.82, 2.24) is 0 Å². The van der Waals surface area contributed by atoms with Gasteiger partial charge in [0.05, 0.1) is 4.47 Å². The van der Waals surface area contributed by atoms with Crippen molar-refractivity contribution in [3.63, 3.8) is 0 Å². The first-order chi connectivity index (χ1) is 7.84. The molecular weight excluding hydrogens is 290 g/mol. The molecule has 0 fully saturated rings. The van der Waals surface area contributed by atoms with Gasteiger partial charge in [-0.25, -0.2) is 8.78 Å². The van der Waals surface area contributed by atoms with E-state index in [0.29, 0.717) is 0 Å². The van der Waals surface area contributed by atoms with Gasteiger partial charge in [0.15, 0.2) is 0 Å². The first-order valence-electron chi connectivity index (χ1n) is 5.49. The molecule has 94 valence electrons. The lowest BCUT2D eigenvalue weighted by Crippen LogP contribution is -2.20. The molecule has 4 heteroatoms. The van der Waals surface area contributed by atoms with E-state index < -0.39 is 11.6 Å². The van der Waals surface area contributed by atoms with E-state index >= 15 is 0 Å². The minimum Gasteiger partial charge on any atom is -0.299 e. The topological polar surface area (TPSA) is 17.1 Å². The molecule has 1 aromatic carbocycles. The van der Waals surface area contributed by atoms with Crippen LogP contribution in [-0.4, -0.2) is 5.78 Å². The zero-order valence-electron chi connectivity index (χ0n) is 10.1. The standard InChI is InChI=1S/C13H15BrF2O/c1-7(2)8(3)12(17)6-9-11(15)5-4-10(14)13(9)16/h4-5,7-8H,6H2,1-3H3. The maximum atomic E-state index is 13.6. The van der Waals surface area contributed by atoms with Gasteiger partial charge in [0.1, 0.15) is 17.4 Å². The molecule has 0 aliphatic carbocycles. The number of Topliss-reactive ketones (excluding diaryl/α,β-unsaturated/α-hetero) is 1. The van der Waals surface area contributed by atoms with E-state index in [1.165, 1.54) is 6.07 Å². The van der Waals surface area contributed by atoms with E-state index in [0.717, 1.165) is 6.07 Å². The maximum absolute atomic E-state index is 13.6. The second kappa shape index (κ2) is 5.71. The third-order valence-corrected chi connectivity index (χ3v) is 3.61. The van der Waals surface area contributed by atoms with Crippen molar-refractivity contribution in [2.24, 2.45) is 11.8 Å². The van der Waals surface area contributed by atoms with E-state index in [1.54, 1.807) is 6.92 Å². The summed E-state index contributed by atoms with van der Waals surface area (Å²) >= 11 is 2.98. The van der Waals surface area contributed by atoms with Gasteiger partial charge < -0.3 is 0 Å². The number of rotatable bonds is 4. The largest absolute Gasteiger partial charge is 0.299 e. The summed E-state index contributed by atoms with van der Waals surface area (Å²) in [6.45, 7) is 5.60. The van der Waals surface area contributed by atoms with Crippen LogP contribution in [0.1, 0.15) is 26.3 Å². The van der Waals surface area contributed by atoms with Gasteiger partial charge in [-0.3, -0.25) is 4.79 Å². The minimum atomic E-state index is -0.686. The summed E-state index contributed by atoms with van der Waals surface area (Å²) in [6.07, 6.45) is -0.198. The number of carbonyl (C=O) groups excluding carboxylic acids is 1. The van der Waals surface area contributed by atoms with Gasteiger partial charge in [-0.15, -0.1) is 0 Å². The van der Waals surface area contributed by atoms with Crippen LogP contribution in [0.2, 0.25) is 0 Å². The van der Waals surface area contributed by atoms with E-state index in [1.807, 2.05) is 13.8 Å². The van der Waals surface area contributed by atoms with Crippen LogP contribution in [0, 0.1) is 23.5 Å². The number of hydrogen-bond donors (Lipinski definition) is 0. The van der Waals surface area contributed by atoms with Crippen LogP contribution in [0.3, 0.4) is 0 Å². The third-order valence-electron chi connectivity index (χ3n) is 3.00. The van der Waals surface area contributed by atoms with E-state index in [4.69, 9.17) is 0 Å². The number of hydrogen-bond acceptors (Lipinski definition) is 1. The summed E-state index contributed by atoms with van der Waals surface area (Å²) < 4.78 is 27.3. The lowest BCUT2D eigenvalue weighted by Gasteiger charge is -2.14. The Kier molecular flexibility index (Phi) is 4.80. The molecule has 0 aliphatic heterocycles. The number of carbonyl (C=O) groups is 1. The average Bonchev–Trinajstić information content (AvgIpc) is 2.28. The molecule has 0 saturated carbocycles. The highest BCUT2D eigenvalue weighted by molar-refractivity contribution is 9.10. The Morgan fingerprint density at radius 3 is 2.41 bits per heavy atom. The highest BCUT2D eigenvalue weighted by Gasteiger charge is 2.21. The van der Waals surface area contributed by atoms with Crippen molar-refractivity contribution in [2.45, 2.75) is 27.2 Å². The van der Waals surface area contributed by atoms with E-state index in [2.05, 4.69) is 15.9 Å². The van der Waals surface area contributed by atoms with Gasteiger partial charge in [-0.2, -0.15) is 0 Å². The first-order valence-corrected chi connectivity index (χ1v) is 6.29. The Hall–Kier alpha value is -0.770. The second-order valence-corrected chi connectivity index (χ2v) is 5.35. The number of ketones is 1. The lowest BCUT2D eigenvalue weighted by atomic mass is 9.90. The average molecular weight is 305 g/mol. The normalized spacial score (nSPS) is 12.9. The number of benzene rings is 1. The summed E-state index contributed by atoms with van der Waals surface area (Å²) in [5, 5.41) is 0. The van der Waals surface area contributed by atoms with Crippen molar-refractivity contribution in [3.05, 3.63) is 33.8 Å². The summed E-state index contributed by atoms with van der Waals surface area (Å²) in [7, 11) is 0. The van der Waals surface area contributed by atoms with Crippen LogP contribution >= 0.6 is 15.9 Å². The summed E-state index contributed by atoms with van der Waals surface area (Å²) in [6, 6.07) is 2.46. The van der Waals surface area contributed by atoms with Crippen molar-refractivity contribution in [1.29, 1.82) is 0 Å². The molecule has 0 aromatic heterocycles. The van der Waals surface area contributed by atoms with Gasteiger partial charge >= 0.3 is 0 Å². The van der Waals surface area contributed by atoms with Crippen LogP contribution in [0.15, 0.2) is 16.6 Å². The fourth-order valence-corrected chi connectivity index (χ4v) is 1.81. The SMILES string of the molecule is CC(C)C(C)C(=O)Cc1c(F)ccc(Br)c1F. The molecule has 0 saturated heterocycles. The quantitative estimate of drug-likeness (QED) is 0.764. The van der Waals surface area contributed by atoms with E-state index in [9.17, 15) is 13.6 Å². The molecule has 0 heterocycles. The summed E-state index contributed by atoms with van der Waals surface area (Å²) in [5.41, 5.74) is -0.156. The Bertz CT molecular complexity index is 430. The van der Waals surface area contributed by atoms with Gasteiger partial charge in [-0.05, 0) is 34.0 Å². The van der Waals surface area contributed by atoms with Crippen LogP contribution in [0.4, 0.5) is 8.78 Å². The molecule has 1 unspecified atom stereocenters. The molecule has 0 amide bonds. The highest BCUT2D eigenvalue weighted by Crippen LogP contribution is 2.23. The van der Waals surface area contributed by atoms with Gasteiger partial charge in [-0.1, -0.05) is 20.8 Å². The molecule has 0 radical (unpaired) electrons. The second-order valence-electron chi connectivity index (χ2n) is 4.50. The molecule has 1 atom stereocenters. The molecule has 1 aromatic rings. The van der Waals surface area contributed by atoms with Gasteiger partial charge in [0.2, 0.25) is 0 Å². The van der Waals surface area contributed by atoms with Crippen molar-refractivity contribution in [3.8, 4) is 0 Å². The third kappa shape index (κ3) is 3.35. The molecule has 0 spiro atoms. The fraction of sp³-hybridized carbons (Fsp3) is 0.462. The Labute approximate surface area is 108 Å². The smallest absolute Gasteiger partial charge is 0.143 e. The van der Waals surface area contributed by atoms with Crippen LogP contribution in [-0.2, 0) is 11.2 Å². The summed E-state index contributed by atoms with van der Waals surface area (Å²) in [5.74, 6) is -1.53. The molecule has 17 heavy (non-hydrogen) atoms. The zero-order valence-corrected chi connectivity index (χ0v) is 11.6. The molecule has 0 aliphatic rings. The van der Waals surface area contributed by atoms with Crippen molar-refractivity contribution in [2.75, 3.05) is 0 Å². The molecule has 1 rings (SSSR count). The first kappa shape index (κ1) is 14.3. The minimum absolute atomic E-state index is 0.143. The van der Waals surface area contributed by atoms with Crippen molar-refractivity contribution >= 4 is 21.7 Å².